The zero-order valence-corrected chi connectivity index (χ0v) is 12.4. The maximum Gasteiger partial charge on any atom is 0.268 e. The molecule has 4 nitrogen and oxygen atoms in total. The molecule has 0 aromatic carbocycles. The highest BCUT2D eigenvalue weighted by molar-refractivity contribution is 9.10. The van der Waals surface area contributed by atoms with Crippen LogP contribution in [-0.4, -0.2) is 29.7 Å². The second-order valence-corrected chi connectivity index (χ2v) is 5.82. The molecule has 1 saturated heterocycles. The number of halogens is 1. The number of hydrogen-bond acceptors (Lipinski definition) is 2. The Bertz CT molecular complexity index is 423. The molecule has 0 unspecified atom stereocenters. The van der Waals surface area contributed by atoms with Gasteiger partial charge >= 0.3 is 0 Å². The van der Waals surface area contributed by atoms with Gasteiger partial charge in [0, 0.05) is 36.0 Å². The third kappa shape index (κ3) is 3.14. The van der Waals surface area contributed by atoms with E-state index in [1.54, 1.807) is 0 Å². The molecular formula is C13H19BrN2O2. The fourth-order valence-corrected chi connectivity index (χ4v) is 2.59. The van der Waals surface area contributed by atoms with Gasteiger partial charge in [0.05, 0.1) is 0 Å². The summed E-state index contributed by atoms with van der Waals surface area (Å²) in [7, 11) is 0. The number of rotatable bonds is 3. The van der Waals surface area contributed by atoms with Crippen LogP contribution in [0.4, 0.5) is 0 Å². The summed E-state index contributed by atoms with van der Waals surface area (Å²) < 4.78 is 8.21. The summed E-state index contributed by atoms with van der Waals surface area (Å²) in [6.45, 7) is 5.61. The van der Waals surface area contributed by atoms with Gasteiger partial charge in [-0.3, -0.25) is 4.79 Å². The molecule has 1 amide bonds. The molecule has 1 aliphatic rings. The Morgan fingerprint density at radius 3 is 2.78 bits per heavy atom. The first-order valence-corrected chi connectivity index (χ1v) is 7.13. The van der Waals surface area contributed by atoms with Gasteiger partial charge in [-0.25, -0.2) is 0 Å². The summed E-state index contributed by atoms with van der Waals surface area (Å²) in [6.07, 6.45) is 3.74. The molecule has 1 fully saturated rings. The minimum absolute atomic E-state index is 0.00120. The summed E-state index contributed by atoms with van der Waals surface area (Å²) >= 11 is 3.42. The van der Waals surface area contributed by atoms with Crippen molar-refractivity contribution in [3.05, 3.63) is 22.4 Å². The van der Waals surface area contributed by atoms with Gasteiger partial charge in [0.25, 0.3) is 5.91 Å². The van der Waals surface area contributed by atoms with E-state index in [2.05, 4.69) is 35.1 Å². The minimum atomic E-state index is 0.00120. The predicted molar refractivity (Wildman–Crippen MR) is 73.8 cm³/mol. The van der Waals surface area contributed by atoms with Gasteiger partial charge in [-0.15, -0.1) is 0 Å². The Morgan fingerprint density at radius 1 is 1.50 bits per heavy atom. The summed E-state index contributed by atoms with van der Waals surface area (Å²) in [5.41, 5.74) is 0.711. The Morgan fingerprint density at radius 2 is 2.17 bits per heavy atom. The van der Waals surface area contributed by atoms with Crippen molar-refractivity contribution in [1.82, 2.24) is 9.88 Å². The standard InChI is InChI=1S/C13H19BrN2O2/c1-9(2)16-8-10(14)7-12(16)13(17)15-11-3-5-18-6-4-11/h7-9,11H,3-6H2,1-2H3,(H,15,17). The van der Waals surface area contributed by atoms with Crippen molar-refractivity contribution in [2.45, 2.75) is 38.8 Å². The molecule has 5 heteroatoms. The second-order valence-electron chi connectivity index (χ2n) is 4.90. The second kappa shape index (κ2) is 5.89. The van der Waals surface area contributed by atoms with Crippen LogP contribution in [0.15, 0.2) is 16.7 Å². The van der Waals surface area contributed by atoms with Gasteiger partial charge in [-0.05, 0) is 48.7 Å². The van der Waals surface area contributed by atoms with Gasteiger partial charge in [-0.1, -0.05) is 0 Å². The van der Waals surface area contributed by atoms with E-state index >= 15 is 0 Å². The first-order chi connectivity index (χ1) is 8.58. The first kappa shape index (κ1) is 13.6. The molecule has 0 bridgehead atoms. The molecule has 0 aliphatic carbocycles. The fourth-order valence-electron chi connectivity index (χ4n) is 2.16. The lowest BCUT2D eigenvalue weighted by Gasteiger charge is -2.23. The van der Waals surface area contributed by atoms with Gasteiger partial charge in [0.2, 0.25) is 0 Å². The Balaban J connectivity index is 2.08. The average molecular weight is 315 g/mol. The monoisotopic (exact) mass is 314 g/mol. The number of carbonyl (C=O) groups is 1. The van der Waals surface area contributed by atoms with Crippen LogP contribution in [-0.2, 0) is 4.74 Å². The van der Waals surface area contributed by atoms with Crippen LogP contribution in [0.5, 0.6) is 0 Å². The van der Waals surface area contributed by atoms with E-state index in [4.69, 9.17) is 4.74 Å². The highest BCUT2D eigenvalue weighted by atomic mass is 79.9. The van der Waals surface area contributed by atoms with Crippen molar-refractivity contribution in [2.75, 3.05) is 13.2 Å². The third-order valence-corrected chi connectivity index (χ3v) is 3.59. The third-order valence-electron chi connectivity index (χ3n) is 3.16. The van der Waals surface area contributed by atoms with E-state index in [1.807, 2.05) is 16.8 Å². The Labute approximate surface area is 116 Å². The summed E-state index contributed by atoms with van der Waals surface area (Å²) in [4.78, 5) is 12.3. The van der Waals surface area contributed by atoms with Crippen molar-refractivity contribution in [2.24, 2.45) is 0 Å². The van der Waals surface area contributed by atoms with Crippen molar-refractivity contribution in [1.29, 1.82) is 0 Å². The average Bonchev–Trinajstić information content (AvgIpc) is 2.73. The molecule has 0 atom stereocenters. The number of amides is 1. The first-order valence-electron chi connectivity index (χ1n) is 6.34. The molecule has 100 valence electrons. The lowest BCUT2D eigenvalue weighted by molar-refractivity contribution is 0.0691. The lowest BCUT2D eigenvalue weighted by atomic mass is 10.1. The van der Waals surface area contributed by atoms with E-state index in [0.717, 1.165) is 30.5 Å². The topological polar surface area (TPSA) is 43.3 Å². The summed E-state index contributed by atoms with van der Waals surface area (Å²) in [5.74, 6) is 0.00120. The number of ether oxygens (including phenoxy) is 1. The molecule has 1 aromatic heterocycles. The molecule has 1 aliphatic heterocycles. The molecule has 1 aromatic rings. The molecule has 1 N–H and O–H groups in total. The van der Waals surface area contributed by atoms with Crippen LogP contribution in [0.1, 0.15) is 43.2 Å². The number of aromatic nitrogens is 1. The smallest absolute Gasteiger partial charge is 0.268 e. The Hall–Kier alpha value is -0.810. The minimum Gasteiger partial charge on any atom is -0.381 e. The maximum atomic E-state index is 12.3. The lowest BCUT2D eigenvalue weighted by Crippen LogP contribution is -2.39. The zero-order chi connectivity index (χ0) is 13.1. The largest absolute Gasteiger partial charge is 0.381 e. The van der Waals surface area contributed by atoms with E-state index in [1.165, 1.54) is 0 Å². The van der Waals surface area contributed by atoms with Crippen LogP contribution < -0.4 is 5.32 Å². The molecule has 2 rings (SSSR count). The molecule has 0 radical (unpaired) electrons. The number of nitrogens with zero attached hydrogens (tertiary/aromatic N) is 1. The van der Waals surface area contributed by atoms with Gasteiger partial charge in [-0.2, -0.15) is 0 Å². The van der Waals surface area contributed by atoms with E-state index in [9.17, 15) is 4.79 Å². The normalized spacial score (nSPS) is 17.1. The van der Waals surface area contributed by atoms with Crippen LogP contribution in [0, 0.1) is 0 Å². The van der Waals surface area contributed by atoms with E-state index < -0.39 is 0 Å². The number of hydrogen-bond donors (Lipinski definition) is 1. The molecule has 0 spiro atoms. The van der Waals surface area contributed by atoms with Gasteiger partial charge < -0.3 is 14.6 Å². The zero-order valence-electron chi connectivity index (χ0n) is 10.8. The number of nitrogens with one attached hydrogen (secondary N) is 1. The molecule has 18 heavy (non-hydrogen) atoms. The van der Waals surface area contributed by atoms with Gasteiger partial charge in [0.1, 0.15) is 5.69 Å². The van der Waals surface area contributed by atoms with Crippen LogP contribution in [0.2, 0.25) is 0 Å². The quantitative estimate of drug-likeness (QED) is 0.932. The highest BCUT2D eigenvalue weighted by Crippen LogP contribution is 2.20. The van der Waals surface area contributed by atoms with Gasteiger partial charge in [0.15, 0.2) is 0 Å². The van der Waals surface area contributed by atoms with Crippen molar-refractivity contribution < 1.29 is 9.53 Å². The Kier molecular flexibility index (Phi) is 4.45. The van der Waals surface area contributed by atoms with E-state index in [-0.39, 0.29) is 18.0 Å². The highest BCUT2D eigenvalue weighted by Gasteiger charge is 2.20. The van der Waals surface area contributed by atoms with Crippen LogP contribution in [0.3, 0.4) is 0 Å². The van der Waals surface area contributed by atoms with Crippen LogP contribution in [0.25, 0.3) is 0 Å². The predicted octanol–water partition coefficient (Wildman–Crippen LogP) is 2.74. The van der Waals surface area contributed by atoms with Crippen molar-refractivity contribution >= 4 is 21.8 Å². The fraction of sp³-hybridized carbons (Fsp3) is 0.615. The van der Waals surface area contributed by atoms with Crippen LogP contribution >= 0.6 is 15.9 Å². The van der Waals surface area contributed by atoms with E-state index in [0.29, 0.717) is 5.69 Å². The number of carbonyl (C=O) groups excluding carboxylic acids is 1. The summed E-state index contributed by atoms with van der Waals surface area (Å²) in [6, 6.07) is 2.38. The van der Waals surface area contributed by atoms with Crippen molar-refractivity contribution in [3.63, 3.8) is 0 Å². The maximum absolute atomic E-state index is 12.3. The molecule has 2 heterocycles. The molecular weight excluding hydrogens is 296 g/mol. The SMILES string of the molecule is CC(C)n1cc(Br)cc1C(=O)NC1CCOCC1. The summed E-state index contributed by atoms with van der Waals surface area (Å²) in [5, 5.41) is 3.08. The molecule has 0 saturated carbocycles. The van der Waals surface area contributed by atoms with Crippen molar-refractivity contribution in [3.8, 4) is 0 Å².